The van der Waals surface area contributed by atoms with E-state index >= 15 is 0 Å². The number of hydrogen-bond donors (Lipinski definition) is 2. The summed E-state index contributed by atoms with van der Waals surface area (Å²) in [6.45, 7) is 1.60. The van der Waals surface area contributed by atoms with Gasteiger partial charge in [-0.05, 0) is 62.7 Å². The van der Waals surface area contributed by atoms with E-state index < -0.39 is 0 Å². The van der Waals surface area contributed by atoms with Crippen molar-refractivity contribution in [2.24, 2.45) is 0 Å². The molecule has 142 valence electrons. The molecule has 1 aliphatic heterocycles. The van der Waals surface area contributed by atoms with Gasteiger partial charge in [-0.3, -0.25) is 9.59 Å². The minimum Gasteiger partial charge on any atom is -0.332 e. The van der Waals surface area contributed by atoms with E-state index in [1.807, 2.05) is 30.1 Å². The lowest BCUT2D eigenvalue weighted by Crippen LogP contribution is -2.30. The van der Waals surface area contributed by atoms with Gasteiger partial charge in [-0.25, -0.2) is 0 Å². The van der Waals surface area contributed by atoms with Crippen LogP contribution in [-0.4, -0.2) is 36.9 Å². The van der Waals surface area contributed by atoms with Gasteiger partial charge in [0.25, 0.3) is 5.91 Å². The Hall–Kier alpha value is -2.66. The predicted molar refractivity (Wildman–Crippen MR) is 108 cm³/mol. The average molecular weight is 365 g/mol. The van der Waals surface area contributed by atoms with Gasteiger partial charge in [-0.2, -0.15) is 0 Å². The smallest absolute Gasteiger partial charge is 0.254 e. The highest BCUT2D eigenvalue weighted by molar-refractivity contribution is 5.96. The molecule has 1 unspecified atom stereocenters. The van der Waals surface area contributed by atoms with Crippen molar-refractivity contribution in [3.63, 3.8) is 0 Å². The minimum absolute atomic E-state index is 0.00647. The molecule has 5 nitrogen and oxygen atoms in total. The number of carbonyl (C=O) groups is 2. The Morgan fingerprint density at radius 2 is 1.81 bits per heavy atom. The zero-order valence-corrected chi connectivity index (χ0v) is 15.8. The predicted octanol–water partition coefficient (Wildman–Crippen LogP) is 3.60. The zero-order chi connectivity index (χ0) is 19.1. The van der Waals surface area contributed by atoms with E-state index in [1.54, 1.807) is 24.3 Å². The summed E-state index contributed by atoms with van der Waals surface area (Å²) in [6.07, 6.45) is 3.30. The molecule has 0 spiro atoms. The molecule has 27 heavy (non-hydrogen) atoms. The Morgan fingerprint density at radius 3 is 2.52 bits per heavy atom. The maximum atomic E-state index is 13.0. The van der Waals surface area contributed by atoms with Gasteiger partial charge in [0.15, 0.2) is 0 Å². The van der Waals surface area contributed by atoms with Crippen molar-refractivity contribution in [3.05, 3.63) is 65.7 Å². The summed E-state index contributed by atoms with van der Waals surface area (Å²) in [4.78, 5) is 26.8. The summed E-state index contributed by atoms with van der Waals surface area (Å²) in [5, 5.41) is 5.91. The van der Waals surface area contributed by atoms with Crippen molar-refractivity contribution >= 4 is 17.5 Å². The van der Waals surface area contributed by atoms with Crippen LogP contribution in [0.2, 0.25) is 0 Å². The number of benzene rings is 2. The van der Waals surface area contributed by atoms with Gasteiger partial charge in [-0.15, -0.1) is 0 Å². The van der Waals surface area contributed by atoms with Crippen molar-refractivity contribution in [1.82, 2.24) is 10.2 Å². The molecule has 1 fully saturated rings. The molecule has 2 aromatic carbocycles. The fourth-order valence-electron chi connectivity index (χ4n) is 3.54. The van der Waals surface area contributed by atoms with Crippen LogP contribution >= 0.6 is 0 Å². The minimum atomic E-state index is -0.00647. The Morgan fingerprint density at radius 1 is 1.07 bits per heavy atom. The van der Waals surface area contributed by atoms with Crippen molar-refractivity contribution in [3.8, 4) is 0 Å². The molecule has 0 saturated carbocycles. The van der Waals surface area contributed by atoms with Crippen LogP contribution in [0.4, 0.5) is 5.69 Å². The zero-order valence-electron chi connectivity index (χ0n) is 15.8. The van der Waals surface area contributed by atoms with Crippen LogP contribution in [0.5, 0.6) is 0 Å². The molecule has 0 radical (unpaired) electrons. The fourth-order valence-corrected chi connectivity index (χ4v) is 3.54. The number of nitrogens with one attached hydrogen (secondary N) is 2. The standard InChI is InChI=1S/C22H27N3O2/c1-23-15-5-10-21(26)24-19-13-11-18(12-14-19)22(27)25-16-6-9-20(25)17-7-3-2-4-8-17/h2-4,7-8,11-14,20,23H,5-6,9-10,15-16H2,1H3,(H,24,26). The lowest BCUT2D eigenvalue weighted by atomic mass is 10.0. The molecule has 1 saturated heterocycles. The Labute approximate surface area is 160 Å². The maximum absolute atomic E-state index is 13.0. The van der Waals surface area contributed by atoms with Crippen molar-refractivity contribution in [2.45, 2.75) is 31.7 Å². The Kier molecular flexibility index (Phi) is 6.60. The summed E-state index contributed by atoms with van der Waals surface area (Å²) < 4.78 is 0. The van der Waals surface area contributed by atoms with Crippen LogP contribution in [-0.2, 0) is 4.79 Å². The summed E-state index contributed by atoms with van der Waals surface area (Å²) in [5.41, 5.74) is 2.57. The van der Waals surface area contributed by atoms with Crippen LogP contribution < -0.4 is 10.6 Å². The van der Waals surface area contributed by atoms with E-state index in [9.17, 15) is 9.59 Å². The lowest BCUT2D eigenvalue weighted by Gasteiger charge is -2.25. The fraction of sp³-hybridized carbons (Fsp3) is 0.364. The third-order valence-corrected chi connectivity index (χ3v) is 4.94. The monoisotopic (exact) mass is 365 g/mol. The first kappa shape index (κ1) is 19.1. The average Bonchev–Trinajstić information content (AvgIpc) is 3.19. The number of nitrogens with zero attached hydrogens (tertiary/aromatic N) is 1. The highest BCUT2D eigenvalue weighted by Gasteiger charge is 2.30. The van der Waals surface area contributed by atoms with Crippen LogP contribution in [0.15, 0.2) is 54.6 Å². The third-order valence-electron chi connectivity index (χ3n) is 4.94. The van der Waals surface area contributed by atoms with Gasteiger partial charge in [0.1, 0.15) is 0 Å². The largest absolute Gasteiger partial charge is 0.332 e. The maximum Gasteiger partial charge on any atom is 0.254 e. The molecule has 2 N–H and O–H groups in total. The van der Waals surface area contributed by atoms with Crippen LogP contribution in [0.25, 0.3) is 0 Å². The summed E-state index contributed by atoms with van der Waals surface area (Å²) >= 11 is 0. The van der Waals surface area contributed by atoms with E-state index in [0.29, 0.717) is 12.0 Å². The first-order chi connectivity index (χ1) is 13.2. The summed E-state index contributed by atoms with van der Waals surface area (Å²) in [7, 11) is 1.87. The molecular formula is C22H27N3O2. The number of amides is 2. The molecule has 1 atom stereocenters. The van der Waals surface area contributed by atoms with Crippen LogP contribution in [0.1, 0.15) is 47.6 Å². The van der Waals surface area contributed by atoms with Gasteiger partial charge in [0.05, 0.1) is 6.04 Å². The lowest BCUT2D eigenvalue weighted by molar-refractivity contribution is -0.116. The van der Waals surface area contributed by atoms with Gasteiger partial charge in [-0.1, -0.05) is 30.3 Å². The van der Waals surface area contributed by atoms with E-state index in [0.717, 1.165) is 38.0 Å². The van der Waals surface area contributed by atoms with E-state index in [2.05, 4.69) is 22.8 Å². The van der Waals surface area contributed by atoms with Crippen LogP contribution in [0, 0.1) is 0 Å². The molecule has 1 heterocycles. The van der Waals surface area contributed by atoms with E-state index in [1.165, 1.54) is 5.56 Å². The molecule has 1 aliphatic rings. The molecule has 2 amide bonds. The number of carbonyl (C=O) groups excluding carboxylic acids is 2. The number of likely N-dealkylation sites (tertiary alicyclic amines) is 1. The number of rotatable bonds is 7. The second-order valence-electron chi connectivity index (χ2n) is 6.90. The second kappa shape index (κ2) is 9.33. The summed E-state index contributed by atoms with van der Waals surface area (Å²) in [6, 6.07) is 17.5. The molecular weight excluding hydrogens is 338 g/mol. The van der Waals surface area contributed by atoms with Gasteiger partial charge < -0.3 is 15.5 Å². The highest BCUT2D eigenvalue weighted by atomic mass is 16.2. The second-order valence-corrected chi connectivity index (χ2v) is 6.90. The number of anilines is 1. The SMILES string of the molecule is CNCCCC(=O)Nc1ccc(C(=O)N2CCCC2c2ccccc2)cc1. The van der Waals surface area contributed by atoms with E-state index in [4.69, 9.17) is 0 Å². The van der Waals surface area contributed by atoms with Crippen molar-refractivity contribution in [1.29, 1.82) is 0 Å². The first-order valence-corrected chi connectivity index (χ1v) is 9.59. The number of hydrogen-bond acceptors (Lipinski definition) is 3. The molecule has 2 aromatic rings. The third kappa shape index (κ3) is 4.95. The molecule has 0 bridgehead atoms. The van der Waals surface area contributed by atoms with Gasteiger partial charge >= 0.3 is 0 Å². The topological polar surface area (TPSA) is 61.4 Å². The van der Waals surface area contributed by atoms with Crippen LogP contribution in [0.3, 0.4) is 0 Å². The summed E-state index contributed by atoms with van der Waals surface area (Å²) in [5.74, 6) is 0.0428. The highest BCUT2D eigenvalue weighted by Crippen LogP contribution is 2.33. The van der Waals surface area contributed by atoms with Gasteiger partial charge in [0.2, 0.25) is 5.91 Å². The van der Waals surface area contributed by atoms with Crippen molar-refractivity contribution < 1.29 is 9.59 Å². The van der Waals surface area contributed by atoms with Gasteiger partial charge in [0, 0.05) is 24.2 Å². The molecule has 5 heteroatoms. The van der Waals surface area contributed by atoms with Crippen molar-refractivity contribution in [2.75, 3.05) is 25.5 Å². The Bertz CT molecular complexity index is 759. The normalized spacial score (nSPS) is 16.3. The molecule has 3 rings (SSSR count). The quantitative estimate of drug-likeness (QED) is 0.737. The van der Waals surface area contributed by atoms with E-state index in [-0.39, 0.29) is 17.9 Å². The molecule has 0 aliphatic carbocycles. The Balaban J connectivity index is 1.62. The first-order valence-electron chi connectivity index (χ1n) is 9.59. The molecule has 0 aromatic heterocycles.